The molecule has 22 heavy (non-hydrogen) atoms. The van der Waals surface area contributed by atoms with Crippen LogP contribution in [-0.2, 0) is 11.2 Å². The SMILES string of the molecule is CC(CO)CNC(=O)C1(Cc2ccccc2)CC2CCC1C2. The highest BCUT2D eigenvalue weighted by atomic mass is 16.3. The first-order valence-corrected chi connectivity index (χ1v) is 8.57. The van der Waals surface area contributed by atoms with Crippen molar-refractivity contribution in [3.63, 3.8) is 0 Å². The maximum absolute atomic E-state index is 13.0. The Morgan fingerprint density at radius 1 is 1.36 bits per heavy atom. The highest BCUT2D eigenvalue weighted by Gasteiger charge is 2.55. The van der Waals surface area contributed by atoms with E-state index in [0.29, 0.717) is 12.5 Å². The van der Waals surface area contributed by atoms with E-state index in [4.69, 9.17) is 5.11 Å². The Morgan fingerprint density at radius 3 is 2.73 bits per heavy atom. The first-order valence-electron chi connectivity index (χ1n) is 8.57. The molecule has 2 N–H and O–H groups in total. The van der Waals surface area contributed by atoms with Crippen LogP contribution in [0.25, 0.3) is 0 Å². The van der Waals surface area contributed by atoms with E-state index in [1.165, 1.54) is 24.8 Å². The Morgan fingerprint density at radius 2 is 2.14 bits per heavy atom. The van der Waals surface area contributed by atoms with Crippen molar-refractivity contribution in [1.29, 1.82) is 0 Å². The summed E-state index contributed by atoms with van der Waals surface area (Å²) in [7, 11) is 0. The van der Waals surface area contributed by atoms with Gasteiger partial charge < -0.3 is 10.4 Å². The van der Waals surface area contributed by atoms with E-state index in [0.717, 1.165) is 18.8 Å². The van der Waals surface area contributed by atoms with Crippen LogP contribution in [0.3, 0.4) is 0 Å². The van der Waals surface area contributed by atoms with Gasteiger partial charge >= 0.3 is 0 Å². The second-order valence-electron chi connectivity index (χ2n) is 7.40. The molecular formula is C19H27NO2. The quantitative estimate of drug-likeness (QED) is 0.849. The molecule has 0 saturated heterocycles. The van der Waals surface area contributed by atoms with Crippen molar-refractivity contribution in [1.82, 2.24) is 5.32 Å². The average Bonchev–Trinajstić information content (AvgIpc) is 3.14. The summed E-state index contributed by atoms with van der Waals surface area (Å²) in [4.78, 5) is 13.0. The summed E-state index contributed by atoms with van der Waals surface area (Å²) in [5.74, 6) is 1.59. The topological polar surface area (TPSA) is 49.3 Å². The summed E-state index contributed by atoms with van der Waals surface area (Å²) in [6.45, 7) is 2.66. The number of aliphatic hydroxyl groups excluding tert-OH is 1. The molecule has 4 atom stereocenters. The first kappa shape index (κ1) is 15.5. The van der Waals surface area contributed by atoms with Gasteiger partial charge in [-0.25, -0.2) is 0 Å². The molecule has 0 aliphatic heterocycles. The van der Waals surface area contributed by atoms with Gasteiger partial charge in [0.2, 0.25) is 5.91 Å². The molecule has 0 spiro atoms. The fourth-order valence-electron chi connectivity index (χ4n) is 4.49. The average molecular weight is 301 g/mol. The second kappa shape index (κ2) is 6.41. The predicted octanol–water partition coefficient (Wildman–Crippen LogP) is 2.78. The highest BCUT2D eigenvalue weighted by molar-refractivity contribution is 5.84. The van der Waals surface area contributed by atoms with Crippen LogP contribution in [0.1, 0.15) is 38.2 Å². The van der Waals surface area contributed by atoms with Crippen LogP contribution in [-0.4, -0.2) is 24.2 Å². The standard InChI is InChI=1S/C19H27NO2/c1-14(13-21)12-20-18(22)19(10-15-5-3-2-4-6-15)11-16-7-8-17(19)9-16/h2-6,14,16-17,21H,7-13H2,1H3,(H,20,22). The van der Waals surface area contributed by atoms with Gasteiger partial charge in [0.1, 0.15) is 0 Å². The van der Waals surface area contributed by atoms with E-state index >= 15 is 0 Å². The second-order valence-corrected chi connectivity index (χ2v) is 7.40. The summed E-state index contributed by atoms with van der Waals surface area (Å²) in [6.07, 6.45) is 5.60. The molecule has 2 saturated carbocycles. The smallest absolute Gasteiger partial charge is 0.226 e. The van der Waals surface area contributed by atoms with Crippen molar-refractivity contribution >= 4 is 5.91 Å². The molecule has 1 aromatic rings. The minimum Gasteiger partial charge on any atom is -0.396 e. The fourth-order valence-corrected chi connectivity index (χ4v) is 4.49. The van der Waals surface area contributed by atoms with Crippen LogP contribution in [0.2, 0.25) is 0 Å². The van der Waals surface area contributed by atoms with Crippen molar-refractivity contribution in [3.8, 4) is 0 Å². The van der Waals surface area contributed by atoms with Crippen LogP contribution in [0, 0.1) is 23.2 Å². The number of hydrogen-bond acceptors (Lipinski definition) is 2. The lowest BCUT2D eigenvalue weighted by molar-refractivity contribution is -0.134. The Kier molecular flexibility index (Phi) is 4.53. The predicted molar refractivity (Wildman–Crippen MR) is 87.3 cm³/mol. The Bertz CT molecular complexity index is 515. The number of benzene rings is 1. The molecule has 2 aliphatic rings. The van der Waals surface area contributed by atoms with Crippen molar-refractivity contribution in [2.24, 2.45) is 23.2 Å². The Hall–Kier alpha value is -1.35. The van der Waals surface area contributed by atoms with Gasteiger partial charge in [0, 0.05) is 13.2 Å². The zero-order valence-corrected chi connectivity index (χ0v) is 13.4. The molecule has 1 aromatic carbocycles. The third-order valence-corrected chi connectivity index (χ3v) is 5.71. The number of hydrogen-bond donors (Lipinski definition) is 2. The summed E-state index contributed by atoms with van der Waals surface area (Å²) < 4.78 is 0. The fraction of sp³-hybridized carbons (Fsp3) is 0.632. The molecule has 0 aromatic heterocycles. The molecule has 120 valence electrons. The molecule has 1 amide bonds. The van der Waals surface area contributed by atoms with Crippen LogP contribution in [0.15, 0.2) is 30.3 Å². The third kappa shape index (κ3) is 2.91. The van der Waals surface area contributed by atoms with Gasteiger partial charge in [0.15, 0.2) is 0 Å². The van der Waals surface area contributed by atoms with Crippen LogP contribution in [0.4, 0.5) is 0 Å². The largest absolute Gasteiger partial charge is 0.396 e. The van der Waals surface area contributed by atoms with Gasteiger partial charge in [-0.3, -0.25) is 4.79 Å². The molecule has 3 heteroatoms. The van der Waals surface area contributed by atoms with E-state index in [2.05, 4.69) is 29.6 Å². The van der Waals surface area contributed by atoms with Crippen LogP contribution in [0.5, 0.6) is 0 Å². The molecular weight excluding hydrogens is 274 g/mol. The minimum atomic E-state index is -0.223. The summed E-state index contributed by atoms with van der Waals surface area (Å²) >= 11 is 0. The minimum absolute atomic E-state index is 0.122. The van der Waals surface area contributed by atoms with E-state index in [-0.39, 0.29) is 23.8 Å². The number of amides is 1. The number of nitrogens with one attached hydrogen (secondary N) is 1. The lowest BCUT2D eigenvalue weighted by Gasteiger charge is -2.37. The molecule has 2 fully saturated rings. The maximum atomic E-state index is 13.0. The summed E-state index contributed by atoms with van der Waals surface area (Å²) in [5.41, 5.74) is 1.04. The van der Waals surface area contributed by atoms with Gasteiger partial charge in [-0.1, -0.05) is 43.7 Å². The molecule has 3 rings (SSSR count). The third-order valence-electron chi connectivity index (χ3n) is 5.71. The van der Waals surface area contributed by atoms with Gasteiger partial charge in [-0.2, -0.15) is 0 Å². The monoisotopic (exact) mass is 301 g/mol. The van der Waals surface area contributed by atoms with Crippen LogP contribution < -0.4 is 5.32 Å². The molecule has 2 bridgehead atoms. The number of carbonyl (C=O) groups is 1. The number of aliphatic hydroxyl groups is 1. The zero-order valence-electron chi connectivity index (χ0n) is 13.4. The van der Waals surface area contributed by atoms with E-state index in [1.54, 1.807) is 0 Å². The molecule has 4 unspecified atom stereocenters. The Labute approximate surface area is 133 Å². The normalized spacial score (nSPS) is 31.2. The van der Waals surface area contributed by atoms with Gasteiger partial charge in [-0.15, -0.1) is 0 Å². The molecule has 3 nitrogen and oxygen atoms in total. The first-order chi connectivity index (χ1) is 10.6. The van der Waals surface area contributed by atoms with Gasteiger partial charge in [-0.05, 0) is 49.0 Å². The van der Waals surface area contributed by atoms with Crippen molar-refractivity contribution in [2.45, 2.75) is 39.0 Å². The highest BCUT2D eigenvalue weighted by Crippen LogP contribution is 2.57. The maximum Gasteiger partial charge on any atom is 0.226 e. The van der Waals surface area contributed by atoms with Crippen LogP contribution >= 0.6 is 0 Å². The summed E-state index contributed by atoms with van der Waals surface area (Å²) in [6, 6.07) is 10.4. The van der Waals surface area contributed by atoms with Crippen molar-refractivity contribution < 1.29 is 9.90 Å². The zero-order chi connectivity index (χ0) is 15.6. The molecule has 2 aliphatic carbocycles. The molecule has 0 radical (unpaired) electrons. The van der Waals surface area contributed by atoms with Crippen molar-refractivity contribution in [2.75, 3.05) is 13.2 Å². The lowest BCUT2D eigenvalue weighted by atomic mass is 9.68. The number of carbonyl (C=O) groups excluding carboxylic acids is 1. The van der Waals surface area contributed by atoms with E-state index in [1.807, 2.05) is 13.0 Å². The van der Waals surface area contributed by atoms with Crippen molar-refractivity contribution in [3.05, 3.63) is 35.9 Å². The molecule has 0 heterocycles. The van der Waals surface area contributed by atoms with Gasteiger partial charge in [0.05, 0.1) is 5.41 Å². The van der Waals surface area contributed by atoms with E-state index < -0.39 is 0 Å². The Balaban J connectivity index is 1.77. The number of fused-ring (bicyclic) bond motifs is 2. The number of rotatable bonds is 6. The van der Waals surface area contributed by atoms with E-state index in [9.17, 15) is 4.79 Å². The van der Waals surface area contributed by atoms with Gasteiger partial charge in [0.25, 0.3) is 0 Å². The summed E-state index contributed by atoms with van der Waals surface area (Å²) in [5, 5.41) is 12.3. The lowest BCUT2D eigenvalue weighted by Crippen LogP contribution is -2.47.